The molecule has 0 unspecified atom stereocenters. The summed E-state index contributed by atoms with van der Waals surface area (Å²) in [5.41, 5.74) is 4.65. The first-order valence-electron chi connectivity index (χ1n) is 11.8. The maximum absolute atomic E-state index is 4.34. The Morgan fingerprint density at radius 1 is 0.833 bits per heavy atom. The Bertz CT molecular complexity index is 1400. The number of aryl methyl sites for hydroxylation is 1. The highest BCUT2D eigenvalue weighted by Crippen LogP contribution is 2.32. The van der Waals surface area contributed by atoms with E-state index >= 15 is 0 Å². The lowest BCUT2D eigenvalue weighted by atomic mass is 10.1. The molecule has 5 rings (SSSR count). The number of thiophene rings is 1. The second-order valence-corrected chi connectivity index (χ2v) is 8.96. The summed E-state index contributed by atoms with van der Waals surface area (Å²) < 4.78 is 1.32. The molecule has 0 saturated carbocycles. The minimum atomic E-state index is 1.05. The molecule has 0 aliphatic carbocycles. The van der Waals surface area contributed by atoms with E-state index in [0.717, 1.165) is 16.2 Å². The van der Waals surface area contributed by atoms with Gasteiger partial charge in [0.15, 0.2) is 0 Å². The molecular formula is C32H33N3S. The van der Waals surface area contributed by atoms with Crippen LogP contribution in [0.3, 0.4) is 0 Å². The van der Waals surface area contributed by atoms with Crippen LogP contribution in [0.2, 0.25) is 0 Å². The first-order chi connectivity index (χ1) is 17.6. The summed E-state index contributed by atoms with van der Waals surface area (Å²) in [6, 6.07) is 29.1. The lowest BCUT2D eigenvalue weighted by Gasteiger charge is -2.24. The summed E-state index contributed by atoms with van der Waals surface area (Å²) in [7, 11) is 2.08. The monoisotopic (exact) mass is 491 g/mol. The van der Waals surface area contributed by atoms with Gasteiger partial charge in [0, 0.05) is 34.4 Å². The summed E-state index contributed by atoms with van der Waals surface area (Å²) in [5, 5.41) is 5.75. The van der Waals surface area contributed by atoms with Crippen molar-refractivity contribution in [3.05, 3.63) is 134 Å². The van der Waals surface area contributed by atoms with Crippen molar-refractivity contribution >= 4 is 48.7 Å². The number of fused-ring (bicyclic) bond motifs is 3. The molecule has 0 bridgehead atoms. The van der Waals surface area contributed by atoms with E-state index in [1.807, 2.05) is 49.5 Å². The molecule has 0 radical (unpaired) electrons. The quantitative estimate of drug-likeness (QED) is 0.248. The second-order valence-electron chi connectivity index (χ2n) is 7.93. The number of allylic oxidation sites excluding steroid dienone is 3. The Labute approximate surface area is 218 Å². The molecule has 2 aromatic heterocycles. The highest BCUT2D eigenvalue weighted by molar-refractivity contribution is 7.25. The van der Waals surface area contributed by atoms with Gasteiger partial charge in [-0.2, -0.15) is 0 Å². The summed E-state index contributed by atoms with van der Waals surface area (Å²) >= 11 is 1.75. The third-order valence-corrected chi connectivity index (χ3v) is 6.58. The summed E-state index contributed by atoms with van der Waals surface area (Å²) in [6.45, 7) is 11.3. The fourth-order valence-electron chi connectivity index (χ4n) is 3.76. The fourth-order valence-corrected chi connectivity index (χ4v) is 4.81. The van der Waals surface area contributed by atoms with Crippen LogP contribution >= 0.6 is 11.3 Å². The van der Waals surface area contributed by atoms with Gasteiger partial charge in [-0.1, -0.05) is 79.9 Å². The van der Waals surface area contributed by atoms with Crippen LogP contribution in [0, 0.1) is 6.92 Å². The predicted octanol–water partition coefficient (Wildman–Crippen LogP) is 9.52. The molecule has 182 valence electrons. The third-order valence-electron chi connectivity index (χ3n) is 5.48. The Kier molecular flexibility index (Phi) is 10.0. The van der Waals surface area contributed by atoms with Crippen molar-refractivity contribution in [2.75, 3.05) is 17.3 Å². The van der Waals surface area contributed by atoms with Crippen molar-refractivity contribution in [1.82, 2.24) is 4.98 Å². The van der Waals surface area contributed by atoms with Crippen molar-refractivity contribution in [2.24, 2.45) is 0 Å². The van der Waals surface area contributed by atoms with E-state index in [1.54, 1.807) is 23.6 Å². The number of pyridine rings is 1. The van der Waals surface area contributed by atoms with Crippen LogP contribution < -0.4 is 10.2 Å². The maximum atomic E-state index is 4.34. The largest absolute Gasteiger partial charge is 0.361 e. The molecule has 0 spiro atoms. The van der Waals surface area contributed by atoms with E-state index in [-0.39, 0.29) is 0 Å². The summed E-state index contributed by atoms with van der Waals surface area (Å²) in [6.07, 6.45) is 9.12. The smallest absolute Gasteiger partial charge is 0.124 e. The zero-order chi connectivity index (χ0) is 25.8. The number of anilines is 3. The Morgan fingerprint density at radius 2 is 1.50 bits per heavy atom. The lowest BCUT2D eigenvalue weighted by molar-refractivity contribution is 1.18. The first-order valence-corrected chi connectivity index (χ1v) is 12.6. The molecule has 0 amide bonds. The lowest BCUT2D eigenvalue weighted by Crippen LogP contribution is -2.12. The molecule has 0 fully saturated rings. The van der Waals surface area contributed by atoms with Crippen LogP contribution in [-0.4, -0.2) is 12.0 Å². The Balaban J connectivity index is 0.000000174. The van der Waals surface area contributed by atoms with Crippen molar-refractivity contribution in [2.45, 2.75) is 13.8 Å². The standard InChI is InChI=1S/C16H18N2.C11H7NS.C5H8/c1-4-17-14-10-6-8-12-16(14)18(3)15-11-7-5-9-13(15)2;1-2-6-10-8(4-1)9-5-3-7-12-11(9)13-10;1-3-5-4-2/h4-12,17H,1H2,2-3H3;1-7H;3-5H,1H2,2H3/b;;5-4-. The maximum Gasteiger partial charge on any atom is 0.124 e. The van der Waals surface area contributed by atoms with Gasteiger partial charge >= 0.3 is 0 Å². The first kappa shape index (κ1) is 26.5. The molecule has 1 N–H and O–H groups in total. The van der Waals surface area contributed by atoms with Gasteiger partial charge in [0.2, 0.25) is 0 Å². The minimum Gasteiger partial charge on any atom is -0.361 e. The molecule has 4 heteroatoms. The molecule has 5 aromatic rings. The van der Waals surface area contributed by atoms with E-state index in [2.05, 4.69) is 103 Å². The number of nitrogens with zero attached hydrogens (tertiary/aromatic N) is 2. The average Bonchev–Trinajstić information content (AvgIpc) is 3.29. The van der Waals surface area contributed by atoms with Gasteiger partial charge in [0.25, 0.3) is 0 Å². The molecule has 0 aliphatic rings. The van der Waals surface area contributed by atoms with Crippen molar-refractivity contribution in [3.63, 3.8) is 0 Å². The number of para-hydroxylation sites is 3. The second kappa shape index (κ2) is 13.7. The number of hydrogen-bond donors (Lipinski definition) is 1. The molecule has 2 heterocycles. The highest BCUT2D eigenvalue weighted by Gasteiger charge is 2.09. The summed E-state index contributed by atoms with van der Waals surface area (Å²) in [5.74, 6) is 0. The van der Waals surface area contributed by atoms with Crippen LogP contribution in [0.1, 0.15) is 12.5 Å². The van der Waals surface area contributed by atoms with Gasteiger partial charge in [-0.15, -0.1) is 11.3 Å². The van der Waals surface area contributed by atoms with Crippen LogP contribution in [0.4, 0.5) is 17.1 Å². The normalized spacial score (nSPS) is 10.2. The average molecular weight is 492 g/mol. The Morgan fingerprint density at radius 3 is 2.19 bits per heavy atom. The number of aromatic nitrogens is 1. The number of nitrogens with one attached hydrogen (secondary N) is 1. The van der Waals surface area contributed by atoms with Gasteiger partial charge in [-0.25, -0.2) is 4.98 Å². The molecule has 0 atom stereocenters. The van der Waals surface area contributed by atoms with E-state index in [1.165, 1.54) is 26.7 Å². The van der Waals surface area contributed by atoms with E-state index in [9.17, 15) is 0 Å². The third kappa shape index (κ3) is 6.71. The molecule has 0 saturated heterocycles. The van der Waals surface area contributed by atoms with E-state index < -0.39 is 0 Å². The highest BCUT2D eigenvalue weighted by atomic mass is 32.1. The van der Waals surface area contributed by atoms with Crippen LogP contribution in [0.5, 0.6) is 0 Å². The zero-order valence-electron chi connectivity index (χ0n) is 21.2. The van der Waals surface area contributed by atoms with Crippen LogP contribution in [0.25, 0.3) is 20.3 Å². The predicted molar refractivity (Wildman–Crippen MR) is 162 cm³/mol. The molecule has 3 nitrogen and oxygen atoms in total. The van der Waals surface area contributed by atoms with Gasteiger partial charge in [-0.3, -0.25) is 0 Å². The van der Waals surface area contributed by atoms with Gasteiger partial charge < -0.3 is 10.2 Å². The van der Waals surface area contributed by atoms with E-state index in [4.69, 9.17) is 0 Å². The molecular weight excluding hydrogens is 458 g/mol. The van der Waals surface area contributed by atoms with Crippen molar-refractivity contribution in [3.8, 4) is 0 Å². The topological polar surface area (TPSA) is 28.2 Å². The molecule has 3 aromatic carbocycles. The summed E-state index contributed by atoms with van der Waals surface area (Å²) in [4.78, 5) is 7.65. The molecule has 36 heavy (non-hydrogen) atoms. The Hall–Kier alpha value is -4.15. The van der Waals surface area contributed by atoms with E-state index in [0.29, 0.717) is 0 Å². The van der Waals surface area contributed by atoms with Gasteiger partial charge in [0.1, 0.15) is 4.83 Å². The van der Waals surface area contributed by atoms with Gasteiger partial charge in [-0.05, 0) is 62.0 Å². The number of rotatable bonds is 5. The number of hydrogen-bond acceptors (Lipinski definition) is 4. The number of benzene rings is 3. The van der Waals surface area contributed by atoms with Crippen LogP contribution in [-0.2, 0) is 0 Å². The van der Waals surface area contributed by atoms with Crippen molar-refractivity contribution < 1.29 is 0 Å². The van der Waals surface area contributed by atoms with Crippen LogP contribution in [0.15, 0.2) is 129 Å². The zero-order valence-corrected chi connectivity index (χ0v) is 22.0. The van der Waals surface area contributed by atoms with Gasteiger partial charge in [0.05, 0.1) is 11.4 Å². The van der Waals surface area contributed by atoms with Crippen molar-refractivity contribution in [1.29, 1.82) is 0 Å². The minimum absolute atomic E-state index is 1.05. The SMILES string of the molecule is C=C/C=C\C.C=CNc1ccccc1N(C)c1ccccc1C.c1ccc2c(c1)sc1ncccc12. The molecule has 0 aliphatic heterocycles. The fraction of sp³-hybridized carbons (Fsp3) is 0.0938.